The Hall–Kier alpha value is -1.24. The van der Waals surface area contributed by atoms with Crippen molar-refractivity contribution in [2.45, 2.75) is 24.8 Å². The van der Waals surface area contributed by atoms with E-state index in [1.54, 1.807) is 14.2 Å². The van der Waals surface area contributed by atoms with Crippen molar-refractivity contribution >= 4 is 22.6 Å². The summed E-state index contributed by atoms with van der Waals surface area (Å²) in [7, 11) is 3.16. The summed E-state index contributed by atoms with van der Waals surface area (Å²) in [6.07, 6.45) is 1.22. The molecule has 0 aliphatic carbocycles. The number of aromatic amines is 1. The van der Waals surface area contributed by atoms with Crippen LogP contribution in [0.5, 0.6) is 0 Å². The van der Waals surface area contributed by atoms with Crippen LogP contribution < -0.4 is 0 Å². The Kier molecular flexibility index (Phi) is 4.34. The van der Waals surface area contributed by atoms with Crippen LogP contribution in [0.1, 0.15) is 17.8 Å². The van der Waals surface area contributed by atoms with Gasteiger partial charge in [-0.2, -0.15) is 15.4 Å². The standard InChI is InChI=1S/C12H17ClN4O2/c1-8-6-10-11(16-17-15-10)9(14-8)4-5-12(13,19-3)7-18-2/h6H,4-5,7H2,1-3H3,(H,15,16,17). The molecule has 1 unspecified atom stereocenters. The highest BCUT2D eigenvalue weighted by atomic mass is 35.5. The van der Waals surface area contributed by atoms with Gasteiger partial charge in [0.1, 0.15) is 11.0 Å². The number of ether oxygens (including phenoxy) is 2. The van der Waals surface area contributed by atoms with Crippen molar-refractivity contribution in [1.29, 1.82) is 0 Å². The van der Waals surface area contributed by atoms with Crippen molar-refractivity contribution in [1.82, 2.24) is 20.4 Å². The molecule has 0 aromatic carbocycles. The number of hydrogen-bond acceptors (Lipinski definition) is 5. The number of pyridine rings is 1. The minimum absolute atomic E-state index is 0.318. The SMILES string of the molecule is COCC(Cl)(CCc1nc(C)cc2n[nH]nc12)OC. The van der Waals surface area contributed by atoms with E-state index in [-0.39, 0.29) is 0 Å². The molecule has 2 heterocycles. The number of H-pyrrole nitrogens is 1. The molecular weight excluding hydrogens is 268 g/mol. The lowest BCUT2D eigenvalue weighted by Gasteiger charge is -2.24. The van der Waals surface area contributed by atoms with Gasteiger partial charge in [-0.1, -0.05) is 11.6 Å². The maximum atomic E-state index is 6.32. The van der Waals surface area contributed by atoms with Crippen LogP contribution in [-0.2, 0) is 15.9 Å². The second-order valence-electron chi connectivity index (χ2n) is 4.42. The summed E-state index contributed by atoms with van der Waals surface area (Å²) in [5.41, 5.74) is 3.35. The molecule has 2 rings (SSSR count). The molecule has 0 bridgehead atoms. The summed E-state index contributed by atoms with van der Waals surface area (Å²) < 4.78 is 10.4. The fraction of sp³-hybridized carbons (Fsp3) is 0.583. The number of methoxy groups -OCH3 is 2. The van der Waals surface area contributed by atoms with Gasteiger partial charge in [0.25, 0.3) is 0 Å². The summed E-state index contributed by atoms with van der Waals surface area (Å²) in [6, 6.07) is 1.89. The Balaban J connectivity index is 2.19. The van der Waals surface area contributed by atoms with Gasteiger partial charge >= 0.3 is 0 Å². The highest BCUT2D eigenvalue weighted by Crippen LogP contribution is 2.25. The van der Waals surface area contributed by atoms with Gasteiger partial charge in [0, 0.05) is 19.9 Å². The van der Waals surface area contributed by atoms with Gasteiger partial charge in [-0.3, -0.25) is 4.98 Å². The number of aryl methyl sites for hydroxylation is 2. The Morgan fingerprint density at radius 3 is 2.84 bits per heavy atom. The minimum atomic E-state index is -0.837. The van der Waals surface area contributed by atoms with Crippen molar-refractivity contribution in [3.63, 3.8) is 0 Å². The predicted molar refractivity (Wildman–Crippen MR) is 72.2 cm³/mol. The number of nitrogens with one attached hydrogen (secondary N) is 1. The zero-order valence-electron chi connectivity index (χ0n) is 11.2. The van der Waals surface area contributed by atoms with Gasteiger partial charge < -0.3 is 9.47 Å². The van der Waals surface area contributed by atoms with Crippen LogP contribution >= 0.6 is 11.6 Å². The van der Waals surface area contributed by atoms with Crippen LogP contribution in [0, 0.1) is 6.92 Å². The van der Waals surface area contributed by atoms with E-state index < -0.39 is 5.06 Å². The molecule has 6 nitrogen and oxygen atoms in total. The van der Waals surface area contributed by atoms with Crippen molar-refractivity contribution in [3.8, 4) is 0 Å². The smallest absolute Gasteiger partial charge is 0.164 e. The number of fused-ring (bicyclic) bond motifs is 1. The van der Waals surface area contributed by atoms with Crippen molar-refractivity contribution < 1.29 is 9.47 Å². The van der Waals surface area contributed by atoms with Gasteiger partial charge in [-0.05, 0) is 25.8 Å². The largest absolute Gasteiger partial charge is 0.380 e. The van der Waals surface area contributed by atoms with Gasteiger partial charge in [0.15, 0.2) is 5.06 Å². The molecule has 104 valence electrons. The van der Waals surface area contributed by atoms with Crippen LogP contribution in [-0.4, -0.2) is 46.3 Å². The third-order valence-corrected chi connectivity index (χ3v) is 3.42. The number of rotatable bonds is 6. The molecular formula is C12H17ClN4O2. The van der Waals surface area contributed by atoms with E-state index >= 15 is 0 Å². The molecule has 0 radical (unpaired) electrons. The fourth-order valence-electron chi connectivity index (χ4n) is 1.98. The van der Waals surface area contributed by atoms with Gasteiger partial charge in [-0.25, -0.2) is 0 Å². The molecule has 0 fully saturated rings. The quantitative estimate of drug-likeness (QED) is 0.819. The van der Waals surface area contributed by atoms with Crippen LogP contribution in [0.15, 0.2) is 6.07 Å². The van der Waals surface area contributed by atoms with Crippen LogP contribution in [0.25, 0.3) is 11.0 Å². The number of aromatic nitrogens is 4. The zero-order chi connectivity index (χ0) is 13.9. The molecule has 19 heavy (non-hydrogen) atoms. The van der Waals surface area contributed by atoms with Crippen molar-refractivity contribution in [2.24, 2.45) is 0 Å². The summed E-state index contributed by atoms with van der Waals surface area (Å²) >= 11 is 6.32. The lowest BCUT2D eigenvalue weighted by Crippen LogP contribution is -2.30. The van der Waals surface area contributed by atoms with Gasteiger partial charge in [0.05, 0.1) is 12.3 Å². The van der Waals surface area contributed by atoms with Crippen molar-refractivity contribution in [3.05, 3.63) is 17.5 Å². The van der Waals surface area contributed by atoms with Gasteiger partial charge in [0.2, 0.25) is 0 Å². The number of alkyl halides is 1. The van der Waals surface area contributed by atoms with E-state index in [4.69, 9.17) is 21.1 Å². The topological polar surface area (TPSA) is 72.9 Å². The van der Waals surface area contributed by atoms with E-state index in [0.29, 0.717) is 19.4 Å². The first-order valence-electron chi connectivity index (χ1n) is 5.98. The Morgan fingerprint density at radius 1 is 1.37 bits per heavy atom. The van der Waals surface area contributed by atoms with Crippen LogP contribution in [0.3, 0.4) is 0 Å². The van der Waals surface area contributed by atoms with E-state index in [1.165, 1.54) is 0 Å². The van der Waals surface area contributed by atoms with Crippen LogP contribution in [0.2, 0.25) is 0 Å². The molecule has 1 atom stereocenters. The second-order valence-corrected chi connectivity index (χ2v) is 5.11. The number of nitrogens with zero attached hydrogens (tertiary/aromatic N) is 3. The summed E-state index contributed by atoms with van der Waals surface area (Å²) in [5.74, 6) is 0. The minimum Gasteiger partial charge on any atom is -0.380 e. The van der Waals surface area contributed by atoms with E-state index in [9.17, 15) is 0 Å². The average molecular weight is 285 g/mol. The molecule has 7 heteroatoms. The summed E-state index contributed by atoms with van der Waals surface area (Å²) in [6.45, 7) is 2.25. The molecule has 0 spiro atoms. The number of halogens is 1. The molecule has 0 aliphatic heterocycles. The monoisotopic (exact) mass is 284 g/mol. The third-order valence-electron chi connectivity index (χ3n) is 2.97. The molecule has 0 saturated carbocycles. The molecule has 0 aliphatic rings. The maximum Gasteiger partial charge on any atom is 0.164 e. The first-order valence-corrected chi connectivity index (χ1v) is 6.36. The Bertz CT molecular complexity index is 560. The summed E-state index contributed by atoms with van der Waals surface area (Å²) in [5, 5.41) is 9.97. The lowest BCUT2D eigenvalue weighted by atomic mass is 10.1. The second kappa shape index (κ2) is 5.81. The third kappa shape index (κ3) is 3.20. The van der Waals surface area contributed by atoms with E-state index in [2.05, 4.69) is 20.4 Å². The molecule has 1 N–H and O–H groups in total. The van der Waals surface area contributed by atoms with Gasteiger partial charge in [-0.15, -0.1) is 0 Å². The molecule has 2 aromatic rings. The predicted octanol–water partition coefficient (Wildman–Crippen LogP) is 1.82. The van der Waals surface area contributed by atoms with E-state index in [1.807, 2.05) is 13.0 Å². The normalized spacial score (nSPS) is 14.7. The Labute approximate surface area is 116 Å². The molecule has 0 amide bonds. The highest BCUT2D eigenvalue weighted by Gasteiger charge is 2.27. The highest BCUT2D eigenvalue weighted by molar-refractivity contribution is 6.23. The maximum absolute atomic E-state index is 6.32. The first-order chi connectivity index (χ1) is 9.08. The number of hydrogen-bond donors (Lipinski definition) is 1. The van der Waals surface area contributed by atoms with E-state index in [0.717, 1.165) is 22.4 Å². The van der Waals surface area contributed by atoms with Crippen LogP contribution in [0.4, 0.5) is 0 Å². The molecule has 0 saturated heterocycles. The lowest BCUT2D eigenvalue weighted by molar-refractivity contribution is -0.00835. The Morgan fingerprint density at radius 2 is 2.16 bits per heavy atom. The summed E-state index contributed by atoms with van der Waals surface area (Å²) in [4.78, 5) is 4.49. The fourth-order valence-corrected chi connectivity index (χ4v) is 2.18. The first kappa shape index (κ1) is 14.2. The van der Waals surface area contributed by atoms with Crippen molar-refractivity contribution in [2.75, 3.05) is 20.8 Å². The molecule has 2 aromatic heterocycles. The average Bonchev–Trinajstić information content (AvgIpc) is 2.84. The zero-order valence-corrected chi connectivity index (χ0v) is 12.0.